The van der Waals surface area contributed by atoms with Crippen LogP contribution >= 0.6 is 11.3 Å². The highest BCUT2D eigenvalue weighted by atomic mass is 32.1. The number of imidazole rings is 1. The van der Waals surface area contributed by atoms with Gasteiger partial charge in [0.1, 0.15) is 5.82 Å². The number of likely N-dealkylation sites (N-methyl/N-ethyl adjacent to an activating group) is 1. The van der Waals surface area contributed by atoms with Gasteiger partial charge in [0.2, 0.25) is 0 Å². The topological polar surface area (TPSA) is 94.1 Å². The van der Waals surface area contributed by atoms with Crippen LogP contribution in [0.5, 0.6) is 0 Å². The monoisotopic (exact) mass is 449 g/mol. The fourth-order valence-electron chi connectivity index (χ4n) is 4.06. The van der Waals surface area contributed by atoms with E-state index in [1.165, 1.54) is 5.56 Å². The maximum atomic E-state index is 11.0. The Hall–Kier alpha value is -3.23. The molecule has 0 radical (unpaired) electrons. The summed E-state index contributed by atoms with van der Waals surface area (Å²) in [5.41, 5.74) is 3.46. The van der Waals surface area contributed by atoms with E-state index in [1.807, 2.05) is 18.3 Å². The molecule has 7 nitrogen and oxygen atoms in total. The van der Waals surface area contributed by atoms with Crippen LogP contribution in [0.3, 0.4) is 0 Å². The van der Waals surface area contributed by atoms with Gasteiger partial charge in [-0.15, -0.1) is 0 Å². The zero-order valence-electron chi connectivity index (χ0n) is 18.4. The van der Waals surface area contributed by atoms with E-state index in [4.69, 9.17) is 10.1 Å². The van der Waals surface area contributed by atoms with Crippen LogP contribution in [0, 0.1) is 0 Å². The second-order valence-corrected chi connectivity index (χ2v) is 9.02. The first kappa shape index (κ1) is 22.0. The summed E-state index contributed by atoms with van der Waals surface area (Å²) in [4.78, 5) is 25.9. The fraction of sp³-hybridized carbons (Fsp3) is 0.292. The van der Waals surface area contributed by atoms with Crippen molar-refractivity contribution < 1.29 is 9.90 Å². The third kappa shape index (κ3) is 4.66. The zero-order chi connectivity index (χ0) is 22.7. The molecular weight excluding hydrogens is 422 g/mol. The van der Waals surface area contributed by atoms with Crippen LogP contribution in [0.25, 0.3) is 10.2 Å². The van der Waals surface area contributed by atoms with E-state index in [-0.39, 0.29) is 11.5 Å². The smallest absolute Gasteiger partial charge is 0.335 e. The highest BCUT2D eigenvalue weighted by Crippen LogP contribution is 2.34. The summed E-state index contributed by atoms with van der Waals surface area (Å²) in [5.74, 6) is 0.192. The van der Waals surface area contributed by atoms with Gasteiger partial charge < -0.3 is 20.3 Å². The summed E-state index contributed by atoms with van der Waals surface area (Å²) in [5, 5.41) is 13.2. The fourth-order valence-corrected chi connectivity index (χ4v) is 4.97. The molecule has 2 atom stereocenters. The molecule has 2 aromatic heterocycles. The summed E-state index contributed by atoms with van der Waals surface area (Å²) in [6, 6.07) is 13.6. The van der Waals surface area contributed by atoms with Crippen LogP contribution < -0.4 is 5.32 Å². The van der Waals surface area contributed by atoms with E-state index >= 15 is 0 Å². The summed E-state index contributed by atoms with van der Waals surface area (Å²) in [6.45, 7) is 2.79. The summed E-state index contributed by atoms with van der Waals surface area (Å²) < 4.78 is 1.12. The van der Waals surface area contributed by atoms with Gasteiger partial charge in [-0.05, 0) is 55.9 Å². The molecular formula is C24H27N5O2S. The zero-order valence-corrected chi connectivity index (χ0v) is 19.2. The maximum absolute atomic E-state index is 11.0. The van der Waals surface area contributed by atoms with Crippen molar-refractivity contribution in [2.75, 3.05) is 19.4 Å². The number of anilines is 1. The molecule has 32 heavy (non-hydrogen) atoms. The average Bonchev–Trinajstić information content (AvgIpc) is 3.45. The van der Waals surface area contributed by atoms with Crippen molar-refractivity contribution in [2.45, 2.75) is 31.8 Å². The number of nitrogens with one attached hydrogen (secondary N) is 2. The Morgan fingerprint density at radius 2 is 2.00 bits per heavy atom. The highest BCUT2D eigenvalue weighted by molar-refractivity contribution is 7.22. The van der Waals surface area contributed by atoms with Crippen molar-refractivity contribution in [2.24, 2.45) is 0 Å². The van der Waals surface area contributed by atoms with Crippen LogP contribution in [0.2, 0.25) is 0 Å². The van der Waals surface area contributed by atoms with Gasteiger partial charge in [0.05, 0.1) is 21.7 Å². The number of carbonyl (C=O) groups is 1. The molecule has 0 aliphatic heterocycles. The average molecular weight is 450 g/mol. The number of H-pyrrole nitrogens is 1. The van der Waals surface area contributed by atoms with E-state index in [2.05, 4.69) is 59.4 Å². The number of aromatic nitrogens is 3. The van der Waals surface area contributed by atoms with E-state index in [0.29, 0.717) is 12.6 Å². The Morgan fingerprint density at radius 1 is 1.22 bits per heavy atom. The number of aromatic carboxylic acids is 1. The summed E-state index contributed by atoms with van der Waals surface area (Å²) in [7, 11) is 4.22. The molecule has 0 fully saturated rings. The van der Waals surface area contributed by atoms with Gasteiger partial charge in [0.25, 0.3) is 0 Å². The molecule has 0 amide bonds. The molecule has 2 aromatic carbocycles. The molecule has 2 unspecified atom stereocenters. The lowest BCUT2D eigenvalue weighted by Crippen LogP contribution is -2.34. The Labute approximate surface area is 191 Å². The SMILES string of the molecule is CCC(C(c1ccc2nc(NCc3ccc(C(=O)O)cc3)sc2c1)c1ncc[nH]1)N(C)C. The number of carboxylic acids is 1. The van der Waals surface area contributed by atoms with E-state index in [9.17, 15) is 4.79 Å². The standard InChI is InChI=1S/C24H27N5O2S/c1-4-19(29(2)3)21(22-25-11-12-26-22)17-9-10-18-20(13-17)32-24(28-18)27-14-15-5-7-16(8-6-15)23(30)31/h5-13,19,21H,4,14H2,1-3H3,(H,25,26)(H,27,28)(H,30,31). The molecule has 0 aliphatic carbocycles. The molecule has 0 aliphatic rings. The number of carboxylic acid groups (broad SMARTS) is 1. The summed E-state index contributed by atoms with van der Waals surface area (Å²) in [6.07, 6.45) is 4.69. The lowest BCUT2D eigenvalue weighted by molar-refractivity contribution is 0.0697. The first-order chi connectivity index (χ1) is 15.5. The minimum absolute atomic E-state index is 0.139. The molecule has 4 aromatic rings. The van der Waals surface area contributed by atoms with Crippen LogP contribution in [-0.4, -0.2) is 51.1 Å². The number of hydrogen-bond acceptors (Lipinski definition) is 6. The number of nitrogens with zero attached hydrogens (tertiary/aromatic N) is 3. The molecule has 0 spiro atoms. The van der Waals surface area contributed by atoms with Crippen LogP contribution in [0.4, 0.5) is 5.13 Å². The second-order valence-electron chi connectivity index (χ2n) is 7.99. The van der Waals surface area contributed by atoms with Crippen LogP contribution in [-0.2, 0) is 6.54 Å². The van der Waals surface area contributed by atoms with Crippen molar-refractivity contribution in [3.05, 3.63) is 77.4 Å². The third-order valence-electron chi connectivity index (χ3n) is 5.70. The number of hydrogen-bond donors (Lipinski definition) is 3. The molecule has 0 saturated carbocycles. The molecule has 2 heterocycles. The van der Waals surface area contributed by atoms with Gasteiger partial charge in [-0.1, -0.05) is 36.5 Å². The minimum Gasteiger partial charge on any atom is -0.478 e. The third-order valence-corrected chi connectivity index (χ3v) is 6.67. The second kappa shape index (κ2) is 9.50. The highest BCUT2D eigenvalue weighted by Gasteiger charge is 2.27. The molecule has 0 saturated heterocycles. The molecule has 0 bridgehead atoms. The van der Waals surface area contributed by atoms with Gasteiger partial charge >= 0.3 is 5.97 Å². The van der Waals surface area contributed by atoms with Crippen molar-refractivity contribution in [3.63, 3.8) is 0 Å². The number of fused-ring (bicyclic) bond motifs is 1. The van der Waals surface area contributed by atoms with Crippen molar-refractivity contribution >= 4 is 32.7 Å². The van der Waals surface area contributed by atoms with Gasteiger partial charge in [0.15, 0.2) is 5.13 Å². The van der Waals surface area contributed by atoms with Gasteiger partial charge in [0, 0.05) is 25.0 Å². The van der Waals surface area contributed by atoms with E-state index in [0.717, 1.165) is 33.2 Å². The predicted molar refractivity (Wildman–Crippen MR) is 129 cm³/mol. The minimum atomic E-state index is -0.918. The molecule has 3 N–H and O–H groups in total. The largest absolute Gasteiger partial charge is 0.478 e. The lowest BCUT2D eigenvalue weighted by atomic mass is 9.88. The Kier molecular flexibility index (Phi) is 6.53. The Bertz CT molecular complexity index is 1190. The van der Waals surface area contributed by atoms with Gasteiger partial charge in [-0.2, -0.15) is 0 Å². The maximum Gasteiger partial charge on any atom is 0.335 e. The molecule has 4 rings (SSSR count). The Morgan fingerprint density at radius 3 is 2.62 bits per heavy atom. The van der Waals surface area contributed by atoms with Crippen molar-refractivity contribution in [1.29, 1.82) is 0 Å². The lowest BCUT2D eigenvalue weighted by Gasteiger charge is -2.31. The van der Waals surface area contributed by atoms with Crippen molar-refractivity contribution in [3.8, 4) is 0 Å². The van der Waals surface area contributed by atoms with E-state index < -0.39 is 5.97 Å². The number of rotatable bonds is 9. The van der Waals surface area contributed by atoms with Crippen molar-refractivity contribution in [1.82, 2.24) is 19.9 Å². The number of benzene rings is 2. The Balaban J connectivity index is 1.57. The quantitative estimate of drug-likeness (QED) is 0.340. The first-order valence-electron chi connectivity index (χ1n) is 10.6. The van der Waals surface area contributed by atoms with Crippen LogP contribution in [0.15, 0.2) is 54.9 Å². The van der Waals surface area contributed by atoms with Gasteiger partial charge in [-0.25, -0.2) is 14.8 Å². The summed E-state index contributed by atoms with van der Waals surface area (Å²) >= 11 is 1.62. The molecule has 166 valence electrons. The van der Waals surface area contributed by atoms with Gasteiger partial charge in [-0.3, -0.25) is 0 Å². The number of thiazole rings is 1. The normalized spacial score (nSPS) is 13.4. The first-order valence-corrected chi connectivity index (χ1v) is 11.4. The molecule has 8 heteroatoms. The number of aromatic amines is 1. The van der Waals surface area contributed by atoms with E-state index in [1.54, 1.807) is 29.7 Å². The van der Waals surface area contributed by atoms with Crippen LogP contribution in [0.1, 0.15) is 46.6 Å². The predicted octanol–water partition coefficient (Wildman–Crippen LogP) is 4.80.